The number of halogens is 2. The van der Waals surface area contributed by atoms with Gasteiger partial charge in [0.25, 0.3) is 0 Å². The third-order valence-electron chi connectivity index (χ3n) is 4.76. The third-order valence-corrected chi connectivity index (χ3v) is 6.65. The molecule has 0 aliphatic carbocycles. The molecule has 1 aliphatic heterocycles. The fourth-order valence-corrected chi connectivity index (χ4v) is 4.97. The summed E-state index contributed by atoms with van der Waals surface area (Å²) in [7, 11) is 0. The van der Waals surface area contributed by atoms with Gasteiger partial charge in [-0.05, 0) is 35.4 Å². The number of para-hydroxylation sites is 1. The Labute approximate surface area is 190 Å². The minimum atomic E-state index is -0.218. The smallest absolute Gasteiger partial charge is 0.323 e. The van der Waals surface area contributed by atoms with Crippen LogP contribution in [0.15, 0.2) is 72.8 Å². The van der Waals surface area contributed by atoms with Crippen LogP contribution < -0.4 is 10.1 Å². The summed E-state index contributed by atoms with van der Waals surface area (Å²) in [5.74, 6) is 1.66. The number of thioether (sulfide) groups is 1. The predicted octanol–water partition coefficient (Wildman–Crippen LogP) is 6.85. The Morgan fingerprint density at radius 1 is 1.00 bits per heavy atom. The Morgan fingerprint density at radius 2 is 1.70 bits per heavy atom. The molecular formula is C23H20Cl2N2O2S. The lowest BCUT2D eigenvalue weighted by Crippen LogP contribution is -2.34. The predicted molar refractivity (Wildman–Crippen MR) is 125 cm³/mol. The summed E-state index contributed by atoms with van der Waals surface area (Å²) in [4.78, 5) is 14.7. The molecule has 1 N–H and O–H groups in total. The van der Waals surface area contributed by atoms with Crippen molar-refractivity contribution in [2.24, 2.45) is 0 Å². The van der Waals surface area contributed by atoms with Crippen LogP contribution >= 0.6 is 35.0 Å². The average molecular weight is 459 g/mol. The van der Waals surface area contributed by atoms with Gasteiger partial charge in [-0.1, -0.05) is 71.7 Å². The lowest BCUT2D eigenvalue weighted by atomic mass is 10.2. The zero-order valence-corrected chi connectivity index (χ0v) is 18.4. The Balaban J connectivity index is 1.42. The van der Waals surface area contributed by atoms with E-state index in [1.807, 2.05) is 54.6 Å². The van der Waals surface area contributed by atoms with E-state index < -0.39 is 0 Å². The minimum absolute atomic E-state index is 0.0746. The first kappa shape index (κ1) is 20.9. The number of hydrogen-bond donors (Lipinski definition) is 1. The van der Waals surface area contributed by atoms with E-state index in [-0.39, 0.29) is 11.4 Å². The van der Waals surface area contributed by atoms with Gasteiger partial charge in [-0.3, -0.25) is 0 Å². The Bertz CT molecular complexity index is 995. The molecule has 0 spiro atoms. The van der Waals surface area contributed by atoms with Crippen LogP contribution in [0, 0.1) is 0 Å². The van der Waals surface area contributed by atoms with Crippen molar-refractivity contribution < 1.29 is 9.53 Å². The molecule has 0 bridgehead atoms. The molecular weight excluding hydrogens is 439 g/mol. The van der Waals surface area contributed by atoms with Crippen molar-refractivity contribution in [2.45, 2.75) is 12.0 Å². The van der Waals surface area contributed by atoms with Crippen molar-refractivity contribution in [3.8, 4) is 5.75 Å². The van der Waals surface area contributed by atoms with Crippen LogP contribution in [-0.2, 0) is 6.61 Å². The average Bonchev–Trinajstić information content (AvgIpc) is 3.26. The largest absolute Gasteiger partial charge is 0.489 e. The van der Waals surface area contributed by atoms with E-state index in [0.29, 0.717) is 28.9 Å². The summed E-state index contributed by atoms with van der Waals surface area (Å²) < 4.78 is 5.86. The number of nitrogens with zero attached hydrogens (tertiary/aromatic N) is 1. The number of rotatable bonds is 5. The lowest BCUT2D eigenvalue weighted by molar-refractivity contribution is 0.214. The minimum Gasteiger partial charge on any atom is -0.489 e. The second-order valence-corrected chi connectivity index (χ2v) is 8.79. The summed E-state index contributed by atoms with van der Waals surface area (Å²) in [6.07, 6.45) is 0. The molecule has 4 nitrogen and oxygen atoms in total. The van der Waals surface area contributed by atoms with E-state index in [1.54, 1.807) is 34.9 Å². The molecule has 1 fully saturated rings. The summed E-state index contributed by atoms with van der Waals surface area (Å²) in [5, 5.41) is 3.61. The van der Waals surface area contributed by atoms with Crippen LogP contribution in [0.25, 0.3) is 0 Å². The van der Waals surface area contributed by atoms with Gasteiger partial charge < -0.3 is 15.0 Å². The molecule has 7 heteroatoms. The van der Waals surface area contributed by atoms with E-state index in [2.05, 4.69) is 5.32 Å². The molecule has 0 radical (unpaired) electrons. The van der Waals surface area contributed by atoms with Crippen LogP contribution in [0.1, 0.15) is 16.5 Å². The second kappa shape index (κ2) is 9.65. The Kier molecular flexibility index (Phi) is 6.72. The van der Waals surface area contributed by atoms with Crippen molar-refractivity contribution in [3.63, 3.8) is 0 Å². The summed E-state index contributed by atoms with van der Waals surface area (Å²) >= 11 is 14.1. The number of hydrogen-bond acceptors (Lipinski definition) is 3. The normalized spacial score (nSPS) is 15.8. The second-order valence-electron chi connectivity index (χ2n) is 6.79. The first-order valence-electron chi connectivity index (χ1n) is 9.52. The molecule has 3 aromatic rings. The van der Waals surface area contributed by atoms with Gasteiger partial charge >= 0.3 is 6.03 Å². The Morgan fingerprint density at radius 3 is 2.40 bits per heavy atom. The zero-order valence-electron chi connectivity index (χ0n) is 16.1. The van der Waals surface area contributed by atoms with Gasteiger partial charge in [0.05, 0.1) is 15.7 Å². The van der Waals surface area contributed by atoms with Gasteiger partial charge in [-0.15, -0.1) is 11.8 Å². The molecule has 154 valence electrons. The van der Waals surface area contributed by atoms with Crippen molar-refractivity contribution in [2.75, 3.05) is 17.6 Å². The van der Waals surface area contributed by atoms with Crippen molar-refractivity contribution in [1.29, 1.82) is 0 Å². The fourth-order valence-electron chi connectivity index (χ4n) is 3.22. The van der Waals surface area contributed by atoms with Crippen LogP contribution in [0.3, 0.4) is 0 Å². The van der Waals surface area contributed by atoms with Crippen molar-refractivity contribution >= 4 is 46.7 Å². The third kappa shape index (κ3) is 4.86. The molecule has 30 heavy (non-hydrogen) atoms. The summed E-state index contributed by atoms with van der Waals surface area (Å²) in [5.41, 5.74) is 2.60. The fraction of sp³-hybridized carbons (Fsp3) is 0.174. The highest BCUT2D eigenvalue weighted by molar-refractivity contribution is 7.99. The van der Waals surface area contributed by atoms with Gasteiger partial charge in [0.15, 0.2) is 0 Å². The highest BCUT2D eigenvalue weighted by Gasteiger charge is 2.31. The maximum atomic E-state index is 12.9. The number of carbonyl (C=O) groups excluding carboxylic acids is 1. The monoisotopic (exact) mass is 458 g/mol. The standard InChI is InChI=1S/C23H20Cl2N2O2S/c24-19-7-4-8-20(25)21(19)26-23(28)27-13-14-30-22(27)17-9-11-18(12-10-17)29-15-16-5-2-1-3-6-16/h1-12,22H,13-15H2,(H,26,28)/t22-/m1/s1. The highest BCUT2D eigenvalue weighted by Crippen LogP contribution is 2.39. The number of nitrogens with one attached hydrogen (secondary N) is 1. The summed E-state index contributed by atoms with van der Waals surface area (Å²) in [6, 6.07) is 22.9. The first-order valence-corrected chi connectivity index (χ1v) is 11.3. The molecule has 2 amide bonds. The number of benzene rings is 3. The number of anilines is 1. The maximum Gasteiger partial charge on any atom is 0.323 e. The van der Waals surface area contributed by atoms with E-state index in [4.69, 9.17) is 27.9 Å². The van der Waals surface area contributed by atoms with E-state index in [0.717, 1.165) is 22.6 Å². The zero-order chi connectivity index (χ0) is 20.9. The molecule has 1 atom stereocenters. The SMILES string of the molecule is O=C(Nc1c(Cl)cccc1Cl)N1CCS[C@@H]1c1ccc(OCc2ccccc2)cc1. The molecule has 1 heterocycles. The lowest BCUT2D eigenvalue weighted by Gasteiger charge is -2.25. The molecule has 0 unspecified atom stereocenters. The van der Waals surface area contributed by atoms with Gasteiger partial charge in [0.1, 0.15) is 17.7 Å². The van der Waals surface area contributed by atoms with Crippen LogP contribution in [-0.4, -0.2) is 23.2 Å². The first-order chi connectivity index (χ1) is 14.6. The summed E-state index contributed by atoms with van der Waals surface area (Å²) in [6.45, 7) is 1.17. The van der Waals surface area contributed by atoms with Gasteiger partial charge in [0, 0.05) is 12.3 Å². The maximum absolute atomic E-state index is 12.9. The number of urea groups is 1. The van der Waals surface area contributed by atoms with E-state index >= 15 is 0 Å². The molecule has 0 aromatic heterocycles. The molecule has 1 saturated heterocycles. The topological polar surface area (TPSA) is 41.6 Å². The molecule has 0 saturated carbocycles. The van der Waals surface area contributed by atoms with E-state index in [9.17, 15) is 4.79 Å². The van der Waals surface area contributed by atoms with Crippen LogP contribution in [0.4, 0.5) is 10.5 Å². The van der Waals surface area contributed by atoms with Gasteiger partial charge in [-0.2, -0.15) is 0 Å². The van der Waals surface area contributed by atoms with Crippen LogP contribution in [0.5, 0.6) is 5.75 Å². The highest BCUT2D eigenvalue weighted by atomic mass is 35.5. The van der Waals surface area contributed by atoms with Crippen LogP contribution in [0.2, 0.25) is 10.0 Å². The van der Waals surface area contributed by atoms with Crippen molar-refractivity contribution in [3.05, 3.63) is 94.0 Å². The van der Waals surface area contributed by atoms with Crippen molar-refractivity contribution in [1.82, 2.24) is 4.90 Å². The quantitative estimate of drug-likeness (QED) is 0.454. The number of carbonyl (C=O) groups is 1. The molecule has 3 aromatic carbocycles. The van der Waals surface area contributed by atoms with Gasteiger partial charge in [-0.25, -0.2) is 4.79 Å². The number of ether oxygens (including phenoxy) is 1. The molecule has 4 rings (SSSR count). The number of amides is 2. The van der Waals surface area contributed by atoms with E-state index in [1.165, 1.54) is 0 Å². The molecule has 1 aliphatic rings. The Hall–Kier alpha value is -2.34. The van der Waals surface area contributed by atoms with Gasteiger partial charge in [0.2, 0.25) is 0 Å².